The normalized spacial score (nSPS) is 11.6. The average molecular weight is 218 g/mol. The van der Waals surface area contributed by atoms with Gasteiger partial charge < -0.3 is 10.2 Å². The van der Waals surface area contributed by atoms with Crippen molar-refractivity contribution in [3.05, 3.63) is 42.0 Å². The first-order valence-corrected chi connectivity index (χ1v) is 5.57. The van der Waals surface area contributed by atoms with E-state index in [1.54, 1.807) is 12.1 Å². The molecule has 1 aromatic rings. The van der Waals surface area contributed by atoms with E-state index in [0.717, 1.165) is 18.4 Å². The molecule has 2 N–H and O–H groups in total. The number of phenolic OH excluding ortho intramolecular Hbond substituents is 2. The van der Waals surface area contributed by atoms with Gasteiger partial charge in [-0.1, -0.05) is 43.7 Å². The van der Waals surface area contributed by atoms with E-state index in [-0.39, 0.29) is 11.5 Å². The summed E-state index contributed by atoms with van der Waals surface area (Å²) in [6.07, 6.45) is 11.4. The van der Waals surface area contributed by atoms with Crippen molar-refractivity contribution in [1.82, 2.24) is 0 Å². The zero-order valence-electron chi connectivity index (χ0n) is 9.56. The monoisotopic (exact) mass is 218 g/mol. The van der Waals surface area contributed by atoms with Crippen molar-refractivity contribution in [3.63, 3.8) is 0 Å². The Morgan fingerprint density at radius 3 is 2.56 bits per heavy atom. The molecule has 0 aliphatic heterocycles. The Labute approximate surface area is 96.6 Å². The minimum Gasteiger partial charge on any atom is -0.504 e. The van der Waals surface area contributed by atoms with Gasteiger partial charge in [-0.3, -0.25) is 0 Å². The predicted molar refractivity (Wildman–Crippen MR) is 67.5 cm³/mol. The molecule has 0 bridgehead atoms. The lowest BCUT2D eigenvalue weighted by molar-refractivity contribution is 0.403. The number of unbranched alkanes of at least 4 members (excludes halogenated alkanes) is 1. The molecular weight excluding hydrogens is 200 g/mol. The molecule has 2 heteroatoms. The van der Waals surface area contributed by atoms with Crippen LogP contribution in [0.15, 0.2) is 36.4 Å². The van der Waals surface area contributed by atoms with Gasteiger partial charge in [0, 0.05) is 0 Å². The van der Waals surface area contributed by atoms with E-state index >= 15 is 0 Å². The first kappa shape index (κ1) is 12.4. The van der Waals surface area contributed by atoms with Crippen molar-refractivity contribution in [2.24, 2.45) is 0 Å². The number of benzene rings is 1. The van der Waals surface area contributed by atoms with Crippen LogP contribution in [-0.4, -0.2) is 10.2 Å². The topological polar surface area (TPSA) is 40.5 Å². The number of aromatic hydroxyl groups is 2. The molecule has 0 aliphatic carbocycles. The summed E-state index contributed by atoms with van der Waals surface area (Å²) in [5, 5.41) is 18.4. The molecule has 86 valence electrons. The molecule has 1 rings (SSSR count). The zero-order valence-corrected chi connectivity index (χ0v) is 9.56. The molecule has 0 fully saturated rings. The van der Waals surface area contributed by atoms with Crippen LogP contribution in [-0.2, 0) is 0 Å². The lowest BCUT2D eigenvalue weighted by Gasteiger charge is -1.97. The van der Waals surface area contributed by atoms with Gasteiger partial charge in [0.25, 0.3) is 0 Å². The molecule has 0 unspecified atom stereocenters. The van der Waals surface area contributed by atoms with Gasteiger partial charge >= 0.3 is 0 Å². The maximum Gasteiger partial charge on any atom is 0.157 e. The molecule has 0 heterocycles. The van der Waals surface area contributed by atoms with Crippen LogP contribution in [0.2, 0.25) is 0 Å². The fourth-order valence-electron chi connectivity index (χ4n) is 1.31. The van der Waals surface area contributed by atoms with E-state index < -0.39 is 0 Å². The third-order valence-corrected chi connectivity index (χ3v) is 2.20. The second-order valence-corrected chi connectivity index (χ2v) is 3.65. The van der Waals surface area contributed by atoms with E-state index in [0.29, 0.717) is 0 Å². The SMILES string of the molecule is CCCC=CCC=Cc1ccc(O)c(O)c1. The summed E-state index contributed by atoms with van der Waals surface area (Å²) in [7, 11) is 0. The van der Waals surface area contributed by atoms with Gasteiger partial charge in [0.2, 0.25) is 0 Å². The van der Waals surface area contributed by atoms with Crippen LogP contribution in [0.25, 0.3) is 6.08 Å². The molecule has 0 aromatic heterocycles. The summed E-state index contributed by atoms with van der Waals surface area (Å²) in [6.45, 7) is 2.15. The summed E-state index contributed by atoms with van der Waals surface area (Å²) >= 11 is 0. The van der Waals surface area contributed by atoms with Crippen molar-refractivity contribution in [3.8, 4) is 11.5 Å². The maximum atomic E-state index is 9.27. The fraction of sp³-hybridized carbons (Fsp3) is 0.286. The molecule has 0 spiro atoms. The van der Waals surface area contributed by atoms with E-state index in [4.69, 9.17) is 5.11 Å². The van der Waals surface area contributed by atoms with Crippen molar-refractivity contribution in [2.75, 3.05) is 0 Å². The Bertz CT molecular complexity index is 378. The van der Waals surface area contributed by atoms with Crippen LogP contribution in [0.4, 0.5) is 0 Å². The van der Waals surface area contributed by atoms with Gasteiger partial charge in [-0.15, -0.1) is 0 Å². The predicted octanol–water partition coefficient (Wildman–Crippen LogP) is 3.86. The zero-order chi connectivity index (χ0) is 11.8. The molecule has 2 nitrogen and oxygen atoms in total. The Kier molecular flexibility index (Phi) is 5.20. The largest absolute Gasteiger partial charge is 0.504 e. The van der Waals surface area contributed by atoms with Crippen LogP contribution in [0.5, 0.6) is 11.5 Å². The third kappa shape index (κ3) is 4.22. The molecule has 0 aliphatic rings. The number of allylic oxidation sites excluding steroid dienone is 3. The Morgan fingerprint density at radius 2 is 1.88 bits per heavy atom. The van der Waals surface area contributed by atoms with Crippen LogP contribution < -0.4 is 0 Å². The number of rotatable bonds is 5. The average Bonchev–Trinajstić information content (AvgIpc) is 2.28. The number of hydrogen-bond acceptors (Lipinski definition) is 2. The standard InChI is InChI=1S/C14H18O2/c1-2-3-4-5-6-7-8-12-9-10-13(15)14(16)11-12/h4-5,7-11,15-16H,2-3,6H2,1H3. The van der Waals surface area contributed by atoms with Crippen LogP contribution in [0.3, 0.4) is 0 Å². The quantitative estimate of drug-likeness (QED) is 0.582. The molecule has 0 radical (unpaired) electrons. The van der Waals surface area contributed by atoms with Gasteiger partial charge in [0.1, 0.15) is 0 Å². The first-order chi connectivity index (χ1) is 7.74. The van der Waals surface area contributed by atoms with Crippen molar-refractivity contribution < 1.29 is 10.2 Å². The smallest absolute Gasteiger partial charge is 0.157 e. The van der Waals surface area contributed by atoms with Gasteiger partial charge in [-0.25, -0.2) is 0 Å². The first-order valence-electron chi connectivity index (χ1n) is 5.57. The van der Waals surface area contributed by atoms with E-state index in [2.05, 4.69) is 19.1 Å². The van der Waals surface area contributed by atoms with Crippen LogP contribution in [0, 0.1) is 0 Å². The highest BCUT2D eigenvalue weighted by Gasteiger charge is 1.96. The highest BCUT2D eigenvalue weighted by Crippen LogP contribution is 2.25. The van der Waals surface area contributed by atoms with Gasteiger partial charge in [0.05, 0.1) is 0 Å². The van der Waals surface area contributed by atoms with Crippen molar-refractivity contribution in [1.29, 1.82) is 0 Å². The van der Waals surface area contributed by atoms with Crippen LogP contribution in [0.1, 0.15) is 31.7 Å². The molecule has 0 saturated heterocycles. The van der Waals surface area contributed by atoms with Gasteiger partial charge in [-0.2, -0.15) is 0 Å². The number of hydrogen-bond donors (Lipinski definition) is 2. The van der Waals surface area contributed by atoms with E-state index in [1.165, 1.54) is 12.5 Å². The lowest BCUT2D eigenvalue weighted by Crippen LogP contribution is -1.73. The second kappa shape index (κ2) is 6.72. The summed E-state index contributed by atoms with van der Waals surface area (Å²) in [6, 6.07) is 4.80. The highest BCUT2D eigenvalue weighted by atomic mass is 16.3. The molecule has 1 aromatic carbocycles. The summed E-state index contributed by atoms with van der Waals surface area (Å²) in [5.74, 6) is -0.163. The van der Waals surface area contributed by atoms with Crippen molar-refractivity contribution in [2.45, 2.75) is 26.2 Å². The molecule has 0 saturated carbocycles. The summed E-state index contributed by atoms with van der Waals surface area (Å²) in [5.41, 5.74) is 0.888. The fourth-order valence-corrected chi connectivity index (χ4v) is 1.31. The van der Waals surface area contributed by atoms with Gasteiger partial charge in [0.15, 0.2) is 11.5 Å². The summed E-state index contributed by atoms with van der Waals surface area (Å²) in [4.78, 5) is 0. The van der Waals surface area contributed by atoms with E-state index in [1.807, 2.05) is 12.2 Å². The van der Waals surface area contributed by atoms with Crippen molar-refractivity contribution >= 4 is 6.08 Å². The van der Waals surface area contributed by atoms with E-state index in [9.17, 15) is 5.11 Å². The third-order valence-electron chi connectivity index (χ3n) is 2.20. The molecular formula is C14H18O2. The Hall–Kier alpha value is -1.70. The Balaban J connectivity index is 2.47. The highest BCUT2D eigenvalue weighted by molar-refractivity contribution is 5.55. The van der Waals surface area contributed by atoms with Gasteiger partial charge in [-0.05, 0) is 30.5 Å². The number of phenols is 2. The lowest BCUT2D eigenvalue weighted by atomic mass is 10.1. The molecule has 0 amide bonds. The minimum atomic E-state index is -0.0833. The second-order valence-electron chi connectivity index (χ2n) is 3.65. The minimum absolute atomic E-state index is 0.0799. The Morgan fingerprint density at radius 1 is 1.06 bits per heavy atom. The summed E-state index contributed by atoms with van der Waals surface area (Å²) < 4.78 is 0. The molecule has 16 heavy (non-hydrogen) atoms. The van der Waals surface area contributed by atoms with Crippen LogP contribution >= 0.6 is 0 Å². The molecule has 0 atom stereocenters. The maximum absolute atomic E-state index is 9.27.